The molecule has 2 saturated heterocycles. The molecule has 4 aromatic rings. The molecule has 2 aliphatic rings. The number of anilines is 5. The Kier molecular flexibility index (Phi) is 9.75. The van der Waals surface area contributed by atoms with E-state index < -0.39 is 7.14 Å². The Labute approximate surface area is 278 Å². The number of aryl methyl sites for hydroxylation is 1. The molecule has 0 aliphatic carbocycles. The minimum Gasteiger partial charge on any atom is -0.493 e. The lowest BCUT2D eigenvalue weighted by Crippen LogP contribution is -2.52. The summed E-state index contributed by atoms with van der Waals surface area (Å²) in [4.78, 5) is 30.7. The van der Waals surface area contributed by atoms with E-state index in [-0.39, 0.29) is 0 Å². The molecule has 244 valence electrons. The Morgan fingerprint density at radius 1 is 0.978 bits per heavy atom. The van der Waals surface area contributed by atoms with Gasteiger partial charge in [0.1, 0.15) is 18.5 Å². The molecule has 0 atom stereocenters. The molecular formula is C32H42BrN10O2P. The average molecular weight is 710 g/mol. The lowest BCUT2D eigenvalue weighted by Gasteiger charge is -2.42. The van der Waals surface area contributed by atoms with Crippen LogP contribution in [-0.2, 0) is 11.0 Å². The van der Waals surface area contributed by atoms with Gasteiger partial charge in [0.2, 0.25) is 5.95 Å². The number of fused-ring (bicyclic) bond motifs is 1. The van der Waals surface area contributed by atoms with Gasteiger partial charge in [-0.2, -0.15) is 4.98 Å². The Morgan fingerprint density at radius 3 is 2.41 bits per heavy atom. The van der Waals surface area contributed by atoms with E-state index >= 15 is 0 Å². The molecule has 1 aromatic carbocycles. The Hall–Kier alpha value is -3.38. The van der Waals surface area contributed by atoms with E-state index in [0.29, 0.717) is 55.9 Å². The first-order chi connectivity index (χ1) is 22.1. The van der Waals surface area contributed by atoms with Gasteiger partial charge in [-0.3, -0.25) is 14.9 Å². The van der Waals surface area contributed by atoms with Crippen molar-refractivity contribution in [3.05, 3.63) is 47.0 Å². The zero-order valence-electron chi connectivity index (χ0n) is 27.1. The lowest BCUT2D eigenvalue weighted by atomic mass is 10.0. The summed E-state index contributed by atoms with van der Waals surface area (Å²) < 4.78 is 19.9. The van der Waals surface area contributed by atoms with Crippen LogP contribution in [0.5, 0.6) is 5.75 Å². The van der Waals surface area contributed by atoms with Crippen LogP contribution >= 0.6 is 23.1 Å². The molecular weight excluding hydrogens is 667 g/mol. The summed E-state index contributed by atoms with van der Waals surface area (Å²) in [5.41, 5.74) is 4.06. The number of ether oxygens (including phenoxy) is 1. The van der Waals surface area contributed by atoms with Gasteiger partial charge in [-0.15, -0.1) is 0 Å². The van der Waals surface area contributed by atoms with Crippen LogP contribution in [0.15, 0.2) is 41.3 Å². The van der Waals surface area contributed by atoms with Crippen molar-refractivity contribution in [3.63, 3.8) is 0 Å². The summed E-state index contributed by atoms with van der Waals surface area (Å²) in [6.07, 6.45) is 7.98. The highest BCUT2D eigenvalue weighted by Gasteiger charge is 2.28. The van der Waals surface area contributed by atoms with E-state index in [1.165, 1.54) is 0 Å². The summed E-state index contributed by atoms with van der Waals surface area (Å²) in [5.74, 6) is 2.03. The fourth-order valence-electron chi connectivity index (χ4n) is 6.38. The first kappa shape index (κ1) is 32.6. The number of methoxy groups -OCH3 is 1. The second-order valence-corrected chi connectivity index (χ2v) is 16.3. The van der Waals surface area contributed by atoms with E-state index in [9.17, 15) is 4.57 Å². The van der Waals surface area contributed by atoms with E-state index in [1.54, 1.807) is 39.0 Å². The zero-order chi connectivity index (χ0) is 32.4. The highest BCUT2D eigenvalue weighted by molar-refractivity contribution is 9.10. The predicted molar refractivity (Wildman–Crippen MR) is 189 cm³/mol. The number of halogens is 1. The van der Waals surface area contributed by atoms with Crippen molar-refractivity contribution >= 4 is 68.4 Å². The molecule has 2 N–H and O–H groups in total. The summed E-state index contributed by atoms with van der Waals surface area (Å²) in [6, 6.07) is 6.45. The molecule has 2 aliphatic heterocycles. The maximum atomic E-state index is 13.4. The van der Waals surface area contributed by atoms with E-state index in [2.05, 4.69) is 76.3 Å². The fourth-order valence-corrected chi connectivity index (χ4v) is 8.06. The van der Waals surface area contributed by atoms with Crippen LogP contribution < -0.4 is 25.6 Å². The van der Waals surface area contributed by atoms with Crippen LogP contribution in [0, 0.1) is 0 Å². The number of hydrogen-bond acceptors (Lipinski definition) is 12. The number of piperazine rings is 1. The van der Waals surface area contributed by atoms with Gasteiger partial charge in [0, 0.05) is 70.0 Å². The van der Waals surface area contributed by atoms with Crippen molar-refractivity contribution in [2.45, 2.75) is 32.2 Å². The summed E-state index contributed by atoms with van der Waals surface area (Å²) >= 11 is 3.57. The first-order valence-electron chi connectivity index (χ1n) is 15.8. The van der Waals surface area contributed by atoms with Gasteiger partial charge >= 0.3 is 0 Å². The largest absolute Gasteiger partial charge is 0.493 e. The topological polar surface area (TPSA) is 125 Å². The third-order valence-electron chi connectivity index (χ3n) is 8.84. The van der Waals surface area contributed by atoms with E-state index in [0.717, 1.165) is 69.9 Å². The molecule has 6 rings (SSSR count). The number of hydrogen-bond donors (Lipinski definition) is 2. The van der Waals surface area contributed by atoms with E-state index in [1.807, 2.05) is 12.1 Å². The van der Waals surface area contributed by atoms with Gasteiger partial charge < -0.3 is 29.7 Å². The van der Waals surface area contributed by atoms with Crippen LogP contribution in [0.3, 0.4) is 0 Å². The quantitative estimate of drug-likeness (QED) is 0.225. The van der Waals surface area contributed by atoms with Crippen LogP contribution in [0.25, 0.3) is 11.0 Å². The van der Waals surface area contributed by atoms with Gasteiger partial charge in [-0.05, 0) is 67.7 Å². The molecule has 14 heteroatoms. The smallest absolute Gasteiger partial charge is 0.230 e. The third kappa shape index (κ3) is 6.97. The summed E-state index contributed by atoms with van der Waals surface area (Å²) in [5, 5.41) is 7.26. The van der Waals surface area contributed by atoms with Gasteiger partial charge in [0.05, 0.1) is 39.5 Å². The van der Waals surface area contributed by atoms with Crippen molar-refractivity contribution < 1.29 is 9.30 Å². The summed E-state index contributed by atoms with van der Waals surface area (Å²) in [7, 11) is 1.12. The molecule has 46 heavy (non-hydrogen) atoms. The fraction of sp³-hybridized carbons (Fsp3) is 0.469. The number of benzene rings is 1. The number of nitrogens with zero attached hydrogens (tertiary/aromatic N) is 8. The predicted octanol–water partition coefficient (Wildman–Crippen LogP) is 5.10. The van der Waals surface area contributed by atoms with Crippen LogP contribution in [0.4, 0.5) is 29.0 Å². The molecule has 0 bridgehead atoms. The van der Waals surface area contributed by atoms with Crippen LogP contribution in [0.2, 0.25) is 0 Å². The summed E-state index contributed by atoms with van der Waals surface area (Å²) in [6.45, 7) is 12.2. The first-order valence-corrected chi connectivity index (χ1v) is 19.1. The van der Waals surface area contributed by atoms with Crippen molar-refractivity contribution in [1.82, 2.24) is 34.7 Å². The monoisotopic (exact) mass is 708 g/mol. The molecule has 5 heterocycles. The number of piperidine rings is 1. The Bertz CT molecular complexity index is 1750. The Morgan fingerprint density at radius 2 is 1.72 bits per heavy atom. The number of nitrogens with one attached hydrogen (secondary N) is 2. The second kappa shape index (κ2) is 13.8. The minimum atomic E-state index is -2.74. The van der Waals surface area contributed by atoms with Crippen LogP contribution in [0.1, 0.15) is 25.5 Å². The number of likely N-dealkylation sites (N-methyl/N-ethyl adjacent to an activating group) is 1. The maximum absolute atomic E-state index is 13.4. The van der Waals surface area contributed by atoms with Gasteiger partial charge in [0.15, 0.2) is 11.6 Å². The number of aromatic nitrogens is 5. The Balaban J connectivity index is 1.23. The van der Waals surface area contributed by atoms with Crippen molar-refractivity contribution in [2.75, 3.05) is 82.3 Å². The second-order valence-electron chi connectivity index (χ2n) is 12.3. The van der Waals surface area contributed by atoms with Crippen LogP contribution in [-0.4, -0.2) is 108 Å². The SMILES string of the molecule is CCc1nc(Nc2ncc(Br)c(Nc3ccc4nccnc4c3P(C)(C)=O)n2)c(OC)cc1N1CCC(N2CCN(C)CC2)CC1. The molecule has 3 aromatic heterocycles. The molecule has 0 spiro atoms. The average Bonchev–Trinajstić information content (AvgIpc) is 3.06. The molecule has 0 amide bonds. The lowest BCUT2D eigenvalue weighted by molar-refractivity contribution is 0.0982. The van der Waals surface area contributed by atoms with Gasteiger partial charge in [-0.25, -0.2) is 9.97 Å². The van der Waals surface area contributed by atoms with E-state index in [4.69, 9.17) is 14.7 Å². The van der Waals surface area contributed by atoms with Crippen molar-refractivity contribution in [2.24, 2.45) is 0 Å². The van der Waals surface area contributed by atoms with Gasteiger partial charge in [-0.1, -0.05) is 6.92 Å². The molecule has 0 radical (unpaired) electrons. The van der Waals surface area contributed by atoms with Gasteiger partial charge in [0.25, 0.3) is 0 Å². The molecule has 0 unspecified atom stereocenters. The molecule has 2 fully saturated rings. The third-order valence-corrected chi connectivity index (χ3v) is 10.9. The highest BCUT2D eigenvalue weighted by atomic mass is 79.9. The maximum Gasteiger partial charge on any atom is 0.230 e. The van der Waals surface area contributed by atoms with Crippen molar-refractivity contribution in [3.8, 4) is 5.75 Å². The van der Waals surface area contributed by atoms with Crippen molar-refractivity contribution in [1.29, 1.82) is 0 Å². The zero-order valence-corrected chi connectivity index (χ0v) is 29.6. The normalized spacial score (nSPS) is 17.0. The number of pyridine rings is 1. The standard InChI is InChI=1S/C32H42BrN10O2P/c1-6-23-26(43-13-9-21(10-14-43)42-17-15-41(2)16-18-42)19-27(45-3)31(37-23)40-32-36-20-22(33)30(39-32)38-25-8-7-24-28(35-12-11-34-24)29(25)46(4,5)44/h7-8,11-12,19-21H,6,9-10,13-18H2,1-5H3,(H2,36,37,38,39,40). The minimum absolute atomic E-state index is 0.345. The highest BCUT2D eigenvalue weighted by Crippen LogP contribution is 2.41. The molecule has 0 saturated carbocycles. The number of rotatable bonds is 9. The molecule has 12 nitrogen and oxygen atoms in total.